The largest absolute Gasteiger partial charge is 0.493 e. The van der Waals surface area contributed by atoms with Gasteiger partial charge in [-0.1, -0.05) is 85.6 Å². The van der Waals surface area contributed by atoms with Crippen LogP contribution in [-0.4, -0.2) is 53.5 Å². The Labute approximate surface area is 339 Å². The third-order valence-electron chi connectivity index (χ3n) is 9.33. The smallest absolute Gasteiger partial charge is 0.246 e. The van der Waals surface area contributed by atoms with E-state index in [9.17, 15) is 9.18 Å². The van der Waals surface area contributed by atoms with Crippen molar-refractivity contribution < 1.29 is 23.4 Å². The molecule has 288 valence electrons. The van der Waals surface area contributed by atoms with Crippen LogP contribution in [0.2, 0.25) is 10.0 Å². The lowest BCUT2D eigenvalue weighted by Gasteiger charge is -2.34. The number of pyridine rings is 1. The first kappa shape index (κ1) is 41.6. The number of aromatic nitrogens is 1. The van der Waals surface area contributed by atoms with Crippen molar-refractivity contribution in [2.24, 2.45) is 0 Å². The van der Waals surface area contributed by atoms with E-state index in [2.05, 4.69) is 60.1 Å². The van der Waals surface area contributed by atoms with E-state index in [0.29, 0.717) is 53.6 Å². The van der Waals surface area contributed by atoms with E-state index < -0.39 is 5.82 Å². The predicted molar refractivity (Wildman–Crippen MR) is 221 cm³/mol. The zero-order valence-electron chi connectivity index (χ0n) is 31.1. The van der Waals surface area contributed by atoms with Crippen LogP contribution in [0.15, 0.2) is 103 Å². The van der Waals surface area contributed by atoms with Gasteiger partial charge in [-0.3, -0.25) is 9.69 Å². The Hall–Kier alpha value is -4.60. The van der Waals surface area contributed by atoms with Crippen LogP contribution in [0.3, 0.4) is 0 Å². The van der Waals surface area contributed by atoms with Crippen LogP contribution in [0.4, 0.5) is 4.39 Å². The molecule has 5 aromatic rings. The van der Waals surface area contributed by atoms with Crippen LogP contribution in [0.1, 0.15) is 53.1 Å². The van der Waals surface area contributed by atoms with Crippen LogP contribution in [0.25, 0.3) is 6.08 Å². The summed E-state index contributed by atoms with van der Waals surface area (Å²) < 4.78 is 31.7. The molecule has 0 atom stereocenters. The normalized spacial score (nSPS) is 13.2. The molecule has 6 rings (SSSR count). The van der Waals surface area contributed by atoms with Gasteiger partial charge in [0.1, 0.15) is 23.9 Å². The molecule has 11 heteroatoms. The third kappa shape index (κ3) is 11.7. The number of amides is 1. The van der Waals surface area contributed by atoms with Gasteiger partial charge in [0, 0.05) is 56.9 Å². The molecule has 55 heavy (non-hydrogen) atoms. The lowest BCUT2D eigenvalue weighted by atomic mass is 10.0. The highest BCUT2D eigenvalue weighted by atomic mass is 35.5. The quantitative estimate of drug-likeness (QED) is 0.104. The van der Waals surface area contributed by atoms with Gasteiger partial charge in [-0.25, -0.2) is 9.37 Å². The molecule has 1 aliphatic heterocycles. The molecular formula is C44H45Cl3FN3O4. The van der Waals surface area contributed by atoms with Crippen LogP contribution < -0.4 is 14.2 Å². The monoisotopic (exact) mass is 803 g/mol. The molecule has 0 N–H and O–H groups in total. The number of carbonyl (C=O) groups excluding carboxylic acids is 1. The summed E-state index contributed by atoms with van der Waals surface area (Å²) in [5.74, 6) is 2.11. The van der Waals surface area contributed by atoms with E-state index >= 15 is 0 Å². The summed E-state index contributed by atoms with van der Waals surface area (Å²) in [5, 5.41) is 0.437. The molecule has 2 heterocycles. The molecule has 1 fully saturated rings. The topological polar surface area (TPSA) is 64.1 Å². The second-order valence-electron chi connectivity index (χ2n) is 13.7. The molecule has 0 spiro atoms. The summed E-state index contributed by atoms with van der Waals surface area (Å²) in [6.45, 7) is 10.7. The first-order chi connectivity index (χ1) is 26.1. The number of aryl methyl sites for hydroxylation is 1. The molecule has 7 nitrogen and oxygen atoms in total. The van der Waals surface area contributed by atoms with Crippen molar-refractivity contribution in [2.75, 3.05) is 32.8 Å². The Bertz CT molecular complexity index is 2030. The number of nitrogens with zero attached hydrogens (tertiary/aromatic N) is 3. The number of rotatable bonds is 14. The highest BCUT2D eigenvalue weighted by molar-refractivity contribution is 6.32. The summed E-state index contributed by atoms with van der Waals surface area (Å²) >= 11 is 12.5. The highest BCUT2D eigenvalue weighted by Gasteiger charge is 2.20. The average molecular weight is 805 g/mol. The van der Waals surface area contributed by atoms with Gasteiger partial charge >= 0.3 is 0 Å². The Morgan fingerprint density at radius 1 is 0.873 bits per heavy atom. The molecule has 0 radical (unpaired) electrons. The van der Waals surface area contributed by atoms with E-state index in [-0.39, 0.29) is 29.9 Å². The molecule has 0 aliphatic carbocycles. The SMILES string of the molecule is Cc1cc(/C=C/C(=O)N2CCN(Cc3ccc(CCOc4ccc(C(C)C)cc4)cc3)CC2)cc(Cl)c1Oc1ccc(OCc2cccc(Cl)c2F)cn1.Cl. The molecular weight excluding hydrogens is 760 g/mol. The van der Waals surface area contributed by atoms with Crippen molar-refractivity contribution in [3.8, 4) is 23.1 Å². The fourth-order valence-corrected chi connectivity index (χ4v) is 6.63. The van der Waals surface area contributed by atoms with Crippen LogP contribution in [0, 0.1) is 12.7 Å². The van der Waals surface area contributed by atoms with Gasteiger partial charge < -0.3 is 19.1 Å². The zero-order chi connectivity index (χ0) is 38.0. The number of carbonyl (C=O) groups is 1. The Morgan fingerprint density at radius 3 is 2.25 bits per heavy atom. The Kier molecular flexibility index (Phi) is 15.0. The van der Waals surface area contributed by atoms with Crippen LogP contribution in [-0.2, 0) is 24.4 Å². The standard InChI is InChI=1S/C44H44Cl2FN3O4.ClH/c1-30(2)35-12-14-37(15-13-35)52-24-19-32-7-9-33(10-8-32)28-49-20-22-50(23-21-49)42(51)18-11-34-25-31(3)44(40(46)26-34)54-41-17-16-38(27-48-41)53-29-36-5-4-6-39(45)43(36)47;/h4-18,25-27,30H,19-24,28-29H2,1-3H3;1H/b18-11+;. The first-order valence-electron chi connectivity index (χ1n) is 18.1. The van der Waals surface area contributed by atoms with Crippen LogP contribution >= 0.6 is 35.6 Å². The zero-order valence-corrected chi connectivity index (χ0v) is 33.5. The summed E-state index contributed by atoms with van der Waals surface area (Å²) in [4.78, 5) is 21.6. The molecule has 0 saturated carbocycles. The number of hydrogen-bond acceptors (Lipinski definition) is 6. The van der Waals surface area contributed by atoms with Gasteiger partial charge in [-0.15, -0.1) is 12.4 Å². The minimum Gasteiger partial charge on any atom is -0.493 e. The van der Waals surface area contributed by atoms with Crippen molar-refractivity contribution in [1.29, 1.82) is 0 Å². The van der Waals surface area contributed by atoms with E-state index in [1.54, 1.807) is 42.5 Å². The molecule has 1 amide bonds. The molecule has 0 unspecified atom stereocenters. The second kappa shape index (κ2) is 19.8. The van der Waals surface area contributed by atoms with Gasteiger partial charge in [0.2, 0.25) is 11.8 Å². The van der Waals surface area contributed by atoms with E-state index in [1.165, 1.54) is 29.0 Å². The van der Waals surface area contributed by atoms with E-state index in [1.807, 2.05) is 30.0 Å². The van der Waals surface area contributed by atoms with E-state index in [4.69, 9.17) is 37.4 Å². The van der Waals surface area contributed by atoms with E-state index in [0.717, 1.165) is 42.9 Å². The maximum absolute atomic E-state index is 14.2. The fourth-order valence-electron chi connectivity index (χ4n) is 6.13. The van der Waals surface area contributed by atoms with Crippen molar-refractivity contribution >= 4 is 47.6 Å². The fraction of sp³-hybridized carbons (Fsp3) is 0.273. The van der Waals surface area contributed by atoms with Gasteiger partial charge in [-0.2, -0.15) is 0 Å². The summed E-state index contributed by atoms with van der Waals surface area (Å²) in [6.07, 6.45) is 5.72. The van der Waals surface area contributed by atoms with Gasteiger partial charge in [0.15, 0.2) is 5.75 Å². The minimum atomic E-state index is -0.506. The number of halogens is 4. The third-order valence-corrected chi connectivity index (χ3v) is 9.90. The molecule has 0 bridgehead atoms. The number of benzene rings is 4. The van der Waals surface area contributed by atoms with Crippen LogP contribution in [0.5, 0.6) is 23.1 Å². The first-order valence-corrected chi connectivity index (χ1v) is 18.9. The maximum atomic E-state index is 14.2. The molecule has 1 aliphatic rings. The Balaban J connectivity index is 0.00000580. The Morgan fingerprint density at radius 2 is 1.58 bits per heavy atom. The average Bonchev–Trinajstić information content (AvgIpc) is 3.17. The second-order valence-corrected chi connectivity index (χ2v) is 14.5. The van der Waals surface area contributed by atoms with Gasteiger partial charge in [0.05, 0.1) is 22.8 Å². The number of ether oxygens (including phenoxy) is 3. The van der Waals surface area contributed by atoms with Crippen molar-refractivity contribution in [1.82, 2.24) is 14.8 Å². The lowest BCUT2D eigenvalue weighted by molar-refractivity contribution is -0.127. The minimum absolute atomic E-state index is 0. The summed E-state index contributed by atoms with van der Waals surface area (Å²) in [5.41, 5.74) is 5.74. The van der Waals surface area contributed by atoms with Crippen molar-refractivity contribution in [3.63, 3.8) is 0 Å². The number of piperazine rings is 1. The van der Waals surface area contributed by atoms with Crippen molar-refractivity contribution in [2.45, 2.75) is 46.3 Å². The molecule has 1 saturated heterocycles. The lowest BCUT2D eigenvalue weighted by Crippen LogP contribution is -2.47. The number of hydrogen-bond donors (Lipinski definition) is 0. The van der Waals surface area contributed by atoms with Gasteiger partial charge in [-0.05, 0) is 83.1 Å². The van der Waals surface area contributed by atoms with Crippen molar-refractivity contribution in [3.05, 3.63) is 153 Å². The molecule has 1 aromatic heterocycles. The van der Waals surface area contributed by atoms with Gasteiger partial charge in [0.25, 0.3) is 0 Å². The summed E-state index contributed by atoms with van der Waals surface area (Å²) in [6, 6.07) is 28.8. The molecule has 4 aromatic carbocycles. The summed E-state index contributed by atoms with van der Waals surface area (Å²) in [7, 11) is 0. The maximum Gasteiger partial charge on any atom is 0.246 e. The highest BCUT2D eigenvalue weighted by Crippen LogP contribution is 2.34. The predicted octanol–water partition coefficient (Wildman–Crippen LogP) is 10.7.